The van der Waals surface area contributed by atoms with Gasteiger partial charge < -0.3 is 0 Å². The van der Waals surface area contributed by atoms with Crippen molar-refractivity contribution in [2.24, 2.45) is 0 Å². The molecule has 0 N–H and O–H groups in total. The number of aryl methyl sites for hydroxylation is 3. The summed E-state index contributed by atoms with van der Waals surface area (Å²) in [5, 5.41) is 0. The summed E-state index contributed by atoms with van der Waals surface area (Å²) in [5.74, 6) is 0.164. The van der Waals surface area contributed by atoms with Gasteiger partial charge in [0.2, 0.25) is 0 Å². The van der Waals surface area contributed by atoms with Crippen molar-refractivity contribution in [3.63, 3.8) is 0 Å². The van der Waals surface area contributed by atoms with Crippen LogP contribution in [0.1, 0.15) is 53.7 Å². The van der Waals surface area contributed by atoms with Crippen LogP contribution in [0.25, 0.3) is 0 Å². The second kappa shape index (κ2) is 5.11. The third-order valence-electron chi connectivity index (χ3n) is 2.86. The van der Waals surface area contributed by atoms with Gasteiger partial charge >= 0.3 is 0 Å². The van der Waals surface area contributed by atoms with Crippen LogP contribution in [0.5, 0.6) is 0 Å². The van der Waals surface area contributed by atoms with Crippen LogP contribution in [0, 0.1) is 13.8 Å². The molecule has 0 atom stereocenters. The Morgan fingerprint density at radius 2 is 1.87 bits per heavy atom. The molecule has 1 heteroatoms. The number of unbranched alkanes of at least 4 members (excludes halogenated alkanes) is 1. The molecule has 0 spiro atoms. The molecule has 0 aromatic heterocycles. The summed E-state index contributed by atoms with van der Waals surface area (Å²) in [4.78, 5) is 11.3. The van der Waals surface area contributed by atoms with Crippen LogP contribution in [0.4, 0.5) is 0 Å². The average molecular weight is 204 g/mol. The highest BCUT2D eigenvalue weighted by Gasteiger charge is 2.07. The molecule has 0 aliphatic rings. The van der Waals surface area contributed by atoms with Crippen molar-refractivity contribution in [2.45, 2.75) is 47.0 Å². The quantitative estimate of drug-likeness (QED) is 0.681. The Bertz CT molecular complexity index is 364. The molecular formula is C14H20O. The number of Topliss-reactive ketones (excluding diaryl/α,β-unsaturated/α-hetero) is 1. The lowest BCUT2D eigenvalue weighted by atomic mass is 9.95. The lowest BCUT2D eigenvalue weighted by Crippen LogP contribution is -2.00. The molecule has 1 aromatic carbocycles. The number of ketones is 1. The minimum Gasteiger partial charge on any atom is -0.295 e. The smallest absolute Gasteiger partial charge is 0.160 e. The van der Waals surface area contributed by atoms with Crippen LogP contribution < -0.4 is 0 Å². The molecule has 0 saturated carbocycles. The van der Waals surface area contributed by atoms with Crippen molar-refractivity contribution in [3.05, 3.63) is 34.4 Å². The van der Waals surface area contributed by atoms with E-state index >= 15 is 0 Å². The monoisotopic (exact) mass is 204 g/mol. The van der Waals surface area contributed by atoms with Gasteiger partial charge in [-0.15, -0.1) is 0 Å². The van der Waals surface area contributed by atoms with E-state index in [1.54, 1.807) is 6.92 Å². The van der Waals surface area contributed by atoms with E-state index < -0.39 is 0 Å². The Balaban J connectivity index is 3.02. The molecule has 0 aliphatic carbocycles. The maximum Gasteiger partial charge on any atom is 0.160 e. The zero-order valence-corrected chi connectivity index (χ0v) is 10.2. The van der Waals surface area contributed by atoms with Crippen molar-refractivity contribution in [1.82, 2.24) is 0 Å². The summed E-state index contributed by atoms with van der Waals surface area (Å²) in [6, 6.07) is 4.20. The fourth-order valence-electron chi connectivity index (χ4n) is 1.89. The highest BCUT2D eigenvalue weighted by molar-refractivity contribution is 5.95. The predicted molar refractivity (Wildman–Crippen MR) is 64.5 cm³/mol. The minimum atomic E-state index is 0.164. The van der Waals surface area contributed by atoms with E-state index in [1.807, 2.05) is 13.0 Å². The van der Waals surface area contributed by atoms with E-state index in [-0.39, 0.29) is 5.78 Å². The van der Waals surface area contributed by atoms with Crippen molar-refractivity contribution < 1.29 is 4.79 Å². The zero-order valence-electron chi connectivity index (χ0n) is 10.2. The minimum absolute atomic E-state index is 0.164. The number of carbonyl (C=O) groups excluding carboxylic acids is 1. The van der Waals surface area contributed by atoms with Crippen LogP contribution >= 0.6 is 0 Å². The average Bonchev–Trinajstić information content (AvgIpc) is 2.18. The first-order valence-electron chi connectivity index (χ1n) is 5.67. The summed E-state index contributed by atoms with van der Waals surface area (Å²) >= 11 is 0. The molecule has 15 heavy (non-hydrogen) atoms. The third-order valence-corrected chi connectivity index (χ3v) is 2.86. The molecule has 1 rings (SSSR count). The normalized spacial score (nSPS) is 10.4. The van der Waals surface area contributed by atoms with Gasteiger partial charge in [0, 0.05) is 5.56 Å². The van der Waals surface area contributed by atoms with Crippen LogP contribution in [-0.2, 0) is 6.42 Å². The molecule has 0 amide bonds. The van der Waals surface area contributed by atoms with Gasteiger partial charge in [0.05, 0.1) is 0 Å². The molecule has 0 fully saturated rings. The molecule has 1 nitrogen and oxygen atoms in total. The number of hydrogen-bond donors (Lipinski definition) is 0. The summed E-state index contributed by atoms with van der Waals surface area (Å²) in [7, 11) is 0. The number of hydrogen-bond acceptors (Lipinski definition) is 1. The van der Waals surface area contributed by atoms with Gasteiger partial charge in [-0.1, -0.05) is 19.4 Å². The van der Waals surface area contributed by atoms with Crippen molar-refractivity contribution in [1.29, 1.82) is 0 Å². The lowest BCUT2D eigenvalue weighted by Gasteiger charge is -2.10. The van der Waals surface area contributed by atoms with E-state index in [0.29, 0.717) is 0 Å². The van der Waals surface area contributed by atoms with Crippen LogP contribution in [0.15, 0.2) is 12.1 Å². The maximum absolute atomic E-state index is 11.3. The third kappa shape index (κ3) is 2.92. The van der Waals surface area contributed by atoms with Gasteiger partial charge in [0.15, 0.2) is 5.78 Å². The van der Waals surface area contributed by atoms with Gasteiger partial charge in [-0.2, -0.15) is 0 Å². The Morgan fingerprint density at radius 1 is 1.20 bits per heavy atom. The van der Waals surface area contributed by atoms with Gasteiger partial charge in [-0.05, 0) is 56.4 Å². The number of carbonyl (C=O) groups is 1. The summed E-state index contributed by atoms with van der Waals surface area (Å²) in [6.07, 6.45) is 3.56. The second-order valence-corrected chi connectivity index (χ2v) is 4.25. The zero-order chi connectivity index (χ0) is 11.4. The van der Waals surface area contributed by atoms with Crippen LogP contribution in [0.2, 0.25) is 0 Å². The van der Waals surface area contributed by atoms with Crippen molar-refractivity contribution in [3.8, 4) is 0 Å². The molecule has 1 aromatic rings. The molecule has 0 heterocycles. The molecule has 0 radical (unpaired) electrons. The SMILES string of the molecule is CCCCc1cc(C)c(C(C)=O)cc1C. The fourth-order valence-corrected chi connectivity index (χ4v) is 1.89. The van der Waals surface area contributed by atoms with Crippen molar-refractivity contribution >= 4 is 5.78 Å². The van der Waals surface area contributed by atoms with E-state index in [4.69, 9.17) is 0 Å². The molecule has 0 aliphatic heterocycles. The number of rotatable bonds is 4. The standard InChI is InChI=1S/C14H20O/c1-5-6-7-13-8-11(3)14(12(4)15)9-10(13)2/h8-9H,5-7H2,1-4H3. The molecule has 0 unspecified atom stereocenters. The summed E-state index contributed by atoms with van der Waals surface area (Å²) in [6.45, 7) is 7.95. The Morgan fingerprint density at radius 3 is 2.40 bits per heavy atom. The van der Waals surface area contributed by atoms with E-state index in [9.17, 15) is 4.79 Å². The maximum atomic E-state index is 11.3. The first kappa shape index (κ1) is 12.0. The molecular weight excluding hydrogens is 184 g/mol. The van der Waals surface area contributed by atoms with E-state index in [2.05, 4.69) is 19.9 Å². The summed E-state index contributed by atoms with van der Waals surface area (Å²) < 4.78 is 0. The largest absolute Gasteiger partial charge is 0.295 e. The van der Waals surface area contributed by atoms with Crippen molar-refractivity contribution in [2.75, 3.05) is 0 Å². The Hall–Kier alpha value is -1.11. The highest BCUT2D eigenvalue weighted by Crippen LogP contribution is 2.18. The topological polar surface area (TPSA) is 17.1 Å². The first-order valence-corrected chi connectivity index (χ1v) is 5.67. The lowest BCUT2D eigenvalue weighted by molar-refractivity contribution is 0.101. The first-order chi connectivity index (χ1) is 7.06. The summed E-state index contributed by atoms with van der Waals surface area (Å²) in [5.41, 5.74) is 4.62. The van der Waals surface area contributed by atoms with Crippen LogP contribution in [0.3, 0.4) is 0 Å². The van der Waals surface area contributed by atoms with E-state index in [0.717, 1.165) is 17.5 Å². The van der Waals surface area contributed by atoms with Gasteiger partial charge in [0.1, 0.15) is 0 Å². The number of benzene rings is 1. The van der Waals surface area contributed by atoms with Crippen LogP contribution in [-0.4, -0.2) is 5.78 Å². The molecule has 82 valence electrons. The Kier molecular flexibility index (Phi) is 4.07. The van der Waals surface area contributed by atoms with Gasteiger partial charge in [-0.25, -0.2) is 0 Å². The van der Waals surface area contributed by atoms with E-state index in [1.165, 1.54) is 24.0 Å². The highest BCUT2D eigenvalue weighted by atomic mass is 16.1. The Labute approximate surface area is 92.5 Å². The predicted octanol–water partition coefficient (Wildman–Crippen LogP) is 3.85. The fraction of sp³-hybridized carbons (Fsp3) is 0.500. The van der Waals surface area contributed by atoms with Gasteiger partial charge in [0.25, 0.3) is 0 Å². The molecule has 0 saturated heterocycles. The molecule has 0 bridgehead atoms. The second-order valence-electron chi connectivity index (χ2n) is 4.25. The van der Waals surface area contributed by atoms with Gasteiger partial charge in [-0.3, -0.25) is 4.79 Å².